The van der Waals surface area contributed by atoms with Crippen molar-refractivity contribution in [3.63, 3.8) is 0 Å². The second kappa shape index (κ2) is 6.10. The van der Waals surface area contributed by atoms with Crippen molar-refractivity contribution in [1.82, 2.24) is 20.5 Å². The van der Waals surface area contributed by atoms with Crippen molar-refractivity contribution in [3.05, 3.63) is 47.7 Å². The number of benzene rings is 1. The molecule has 0 amide bonds. The molecule has 2 heterocycles. The Morgan fingerprint density at radius 3 is 2.95 bits per heavy atom. The van der Waals surface area contributed by atoms with E-state index in [2.05, 4.69) is 46.5 Å². The number of H-pyrrole nitrogens is 1. The molecule has 2 aromatic heterocycles. The van der Waals surface area contributed by atoms with Crippen LogP contribution in [0.3, 0.4) is 0 Å². The third kappa shape index (κ3) is 2.83. The molecule has 0 radical (unpaired) electrons. The molecule has 2 N–H and O–H groups in total. The summed E-state index contributed by atoms with van der Waals surface area (Å²) in [6.07, 6.45) is 3.33. The van der Waals surface area contributed by atoms with Crippen LogP contribution in [0.4, 0.5) is 0 Å². The Morgan fingerprint density at radius 1 is 1.33 bits per heavy atom. The molecular formula is C16H20N4O. The molecule has 1 unspecified atom stereocenters. The van der Waals surface area contributed by atoms with Gasteiger partial charge in [0.1, 0.15) is 23.5 Å². The van der Waals surface area contributed by atoms with Crippen LogP contribution in [0, 0.1) is 0 Å². The molecule has 0 saturated carbocycles. The summed E-state index contributed by atoms with van der Waals surface area (Å²) < 4.78 is 6.04. The first-order valence-corrected chi connectivity index (χ1v) is 7.37. The highest BCUT2D eigenvalue weighted by Gasteiger charge is 2.17. The van der Waals surface area contributed by atoms with E-state index in [1.807, 2.05) is 12.1 Å². The van der Waals surface area contributed by atoms with Crippen molar-refractivity contribution >= 4 is 11.0 Å². The van der Waals surface area contributed by atoms with Gasteiger partial charge in [0.05, 0.1) is 6.04 Å². The van der Waals surface area contributed by atoms with Crippen LogP contribution in [0.1, 0.15) is 37.0 Å². The Bertz CT molecular complexity index is 702. The minimum absolute atomic E-state index is 0.176. The molecule has 1 atom stereocenters. The van der Waals surface area contributed by atoms with Crippen LogP contribution in [-0.4, -0.2) is 21.7 Å². The molecule has 5 heteroatoms. The van der Waals surface area contributed by atoms with Crippen LogP contribution >= 0.6 is 0 Å². The van der Waals surface area contributed by atoms with Gasteiger partial charge in [-0.25, -0.2) is 4.98 Å². The van der Waals surface area contributed by atoms with Crippen LogP contribution < -0.4 is 5.32 Å². The van der Waals surface area contributed by atoms with Gasteiger partial charge in [0, 0.05) is 23.9 Å². The van der Waals surface area contributed by atoms with E-state index >= 15 is 0 Å². The molecule has 0 aliphatic rings. The number of aryl methyl sites for hydroxylation is 1. The van der Waals surface area contributed by atoms with E-state index < -0.39 is 0 Å². The van der Waals surface area contributed by atoms with E-state index in [4.69, 9.17) is 4.42 Å². The maximum atomic E-state index is 6.04. The van der Waals surface area contributed by atoms with Crippen LogP contribution in [0.25, 0.3) is 11.0 Å². The minimum Gasteiger partial charge on any atom is -0.459 e. The van der Waals surface area contributed by atoms with Gasteiger partial charge in [-0.15, -0.1) is 0 Å². The molecule has 0 aliphatic heterocycles. The van der Waals surface area contributed by atoms with Gasteiger partial charge < -0.3 is 9.73 Å². The van der Waals surface area contributed by atoms with Gasteiger partial charge in [-0.1, -0.05) is 25.1 Å². The molecule has 21 heavy (non-hydrogen) atoms. The molecular weight excluding hydrogens is 264 g/mol. The smallest absolute Gasteiger partial charge is 0.137 e. The van der Waals surface area contributed by atoms with Crippen molar-refractivity contribution in [2.24, 2.45) is 0 Å². The van der Waals surface area contributed by atoms with Crippen molar-refractivity contribution < 1.29 is 4.42 Å². The molecule has 0 saturated heterocycles. The highest BCUT2D eigenvalue weighted by atomic mass is 16.3. The van der Waals surface area contributed by atoms with E-state index in [1.54, 1.807) is 0 Å². The summed E-state index contributed by atoms with van der Waals surface area (Å²) in [7, 11) is 0. The summed E-state index contributed by atoms with van der Waals surface area (Å²) in [5.41, 5.74) is 2.26. The second-order valence-corrected chi connectivity index (χ2v) is 5.15. The lowest BCUT2D eigenvalue weighted by Crippen LogP contribution is -2.22. The lowest BCUT2D eigenvalue weighted by atomic mass is 10.1. The fourth-order valence-electron chi connectivity index (χ4n) is 2.68. The topological polar surface area (TPSA) is 66.7 Å². The van der Waals surface area contributed by atoms with Crippen LogP contribution in [-0.2, 0) is 12.8 Å². The fourth-order valence-corrected chi connectivity index (χ4v) is 2.68. The Balaban J connectivity index is 1.73. The van der Waals surface area contributed by atoms with Gasteiger partial charge >= 0.3 is 0 Å². The minimum atomic E-state index is 0.176. The summed E-state index contributed by atoms with van der Waals surface area (Å²) in [6, 6.07) is 8.40. The van der Waals surface area contributed by atoms with E-state index in [0.29, 0.717) is 0 Å². The van der Waals surface area contributed by atoms with Gasteiger partial charge in [0.25, 0.3) is 0 Å². The molecule has 1 aromatic carbocycles. The molecule has 0 bridgehead atoms. The number of nitrogens with zero attached hydrogens (tertiary/aromatic N) is 2. The number of nitrogens with one attached hydrogen (secondary N) is 2. The summed E-state index contributed by atoms with van der Waals surface area (Å²) in [5, 5.41) is 11.4. The third-order valence-corrected chi connectivity index (χ3v) is 3.75. The monoisotopic (exact) mass is 284 g/mol. The van der Waals surface area contributed by atoms with E-state index in [1.165, 1.54) is 17.3 Å². The number of hydrogen-bond donors (Lipinski definition) is 2. The molecule has 0 fully saturated rings. The first-order chi connectivity index (χ1) is 10.3. The lowest BCUT2D eigenvalue weighted by molar-refractivity contribution is 0.447. The van der Waals surface area contributed by atoms with E-state index in [0.717, 1.165) is 36.6 Å². The Hall–Kier alpha value is -2.14. The highest BCUT2D eigenvalue weighted by Crippen LogP contribution is 2.30. The van der Waals surface area contributed by atoms with Gasteiger partial charge in [-0.3, -0.25) is 5.10 Å². The van der Waals surface area contributed by atoms with Gasteiger partial charge in [-0.2, -0.15) is 5.10 Å². The molecule has 0 spiro atoms. The maximum absolute atomic E-state index is 6.04. The standard InChI is InChI=1S/C16H20N4O/c1-3-12-13-6-4-5-7-14(13)21-16(12)11(2)17-9-8-15-18-10-19-20-15/h4-7,10-11,17H,3,8-9H2,1-2H3,(H,18,19,20). The SMILES string of the molecule is CCc1c(C(C)NCCc2ncn[nH]2)oc2ccccc12. The summed E-state index contributed by atoms with van der Waals surface area (Å²) in [6.45, 7) is 5.13. The number of rotatable bonds is 6. The Kier molecular flexibility index (Phi) is 4.01. The molecule has 3 rings (SSSR count). The van der Waals surface area contributed by atoms with Crippen molar-refractivity contribution in [2.45, 2.75) is 32.7 Å². The number of furan rings is 1. The summed E-state index contributed by atoms with van der Waals surface area (Å²) in [4.78, 5) is 4.12. The highest BCUT2D eigenvalue weighted by molar-refractivity contribution is 5.82. The van der Waals surface area contributed by atoms with Crippen molar-refractivity contribution in [2.75, 3.05) is 6.54 Å². The Morgan fingerprint density at radius 2 is 2.19 bits per heavy atom. The average molecular weight is 284 g/mol. The Labute approximate surface area is 123 Å². The van der Waals surface area contributed by atoms with E-state index in [-0.39, 0.29) is 6.04 Å². The zero-order valence-electron chi connectivity index (χ0n) is 12.4. The summed E-state index contributed by atoms with van der Waals surface area (Å²) >= 11 is 0. The number of hydrogen-bond acceptors (Lipinski definition) is 4. The largest absolute Gasteiger partial charge is 0.459 e. The first kappa shape index (κ1) is 13.8. The summed E-state index contributed by atoms with van der Waals surface area (Å²) in [5.74, 6) is 1.94. The first-order valence-electron chi connectivity index (χ1n) is 7.37. The lowest BCUT2D eigenvalue weighted by Gasteiger charge is -2.12. The van der Waals surface area contributed by atoms with Crippen molar-refractivity contribution in [1.29, 1.82) is 0 Å². The number of aromatic amines is 1. The number of para-hydroxylation sites is 1. The second-order valence-electron chi connectivity index (χ2n) is 5.15. The van der Waals surface area contributed by atoms with Gasteiger partial charge in [0.15, 0.2) is 0 Å². The van der Waals surface area contributed by atoms with Crippen LogP contribution in [0.15, 0.2) is 35.0 Å². The fraction of sp³-hybridized carbons (Fsp3) is 0.375. The molecule has 5 nitrogen and oxygen atoms in total. The predicted octanol–water partition coefficient (Wildman–Crippen LogP) is 3.01. The van der Waals surface area contributed by atoms with Gasteiger partial charge in [-0.05, 0) is 19.4 Å². The molecule has 3 aromatic rings. The van der Waals surface area contributed by atoms with Crippen molar-refractivity contribution in [3.8, 4) is 0 Å². The zero-order valence-corrected chi connectivity index (χ0v) is 12.4. The number of aromatic nitrogens is 3. The van der Waals surface area contributed by atoms with Crippen LogP contribution in [0.2, 0.25) is 0 Å². The predicted molar refractivity (Wildman–Crippen MR) is 82.1 cm³/mol. The molecule has 110 valence electrons. The molecule has 0 aliphatic carbocycles. The average Bonchev–Trinajstić information content (AvgIpc) is 3.13. The number of fused-ring (bicyclic) bond motifs is 1. The normalized spacial score (nSPS) is 12.9. The van der Waals surface area contributed by atoms with Crippen LogP contribution in [0.5, 0.6) is 0 Å². The van der Waals surface area contributed by atoms with Gasteiger partial charge in [0.2, 0.25) is 0 Å². The van der Waals surface area contributed by atoms with E-state index in [9.17, 15) is 0 Å². The zero-order chi connectivity index (χ0) is 14.7. The quantitative estimate of drug-likeness (QED) is 0.730. The third-order valence-electron chi connectivity index (χ3n) is 3.75. The maximum Gasteiger partial charge on any atom is 0.137 e.